The average Bonchev–Trinajstić information content (AvgIpc) is 3.09. The molecule has 0 saturated heterocycles. The van der Waals surface area contributed by atoms with E-state index in [-0.39, 0.29) is 11.3 Å². The van der Waals surface area contributed by atoms with Crippen molar-refractivity contribution in [1.29, 1.82) is 0 Å². The van der Waals surface area contributed by atoms with Crippen molar-refractivity contribution in [3.8, 4) is 0 Å². The summed E-state index contributed by atoms with van der Waals surface area (Å²) in [6.07, 6.45) is 0. The predicted molar refractivity (Wildman–Crippen MR) is 115 cm³/mol. The normalized spacial score (nSPS) is 11.6. The van der Waals surface area contributed by atoms with Gasteiger partial charge in [-0.1, -0.05) is 17.4 Å². The van der Waals surface area contributed by atoms with E-state index in [0.29, 0.717) is 35.7 Å². The van der Waals surface area contributed by atoms with E-state index in [0.717, 1.165) is 10.2 Å². The summed E-state index contributed by atoms with van der Waals surface area (Å²) in [5.41, 5.74) is 1.63. The molecule has 162 valence electrons. The Morgan fingerprint density at radius 2 is 1.94 bits per heavy atom. The Morgan fingerprint density at radius 1 is 1.19 bits per heavy atom. The van der Waals surface area contributed by atoms with Gasteiger partial charge >= 0.3 is 5.97 Å². The van der Waals surface area contributed by atoms with Crippen molar-refractivity contribution in [2.75, 3.05) is 20.3 Å². The Balaban J connectivity index is 2.10. The van der Waals surface area contributed by atoms with Crippen LogP contribution < -0.4 is 4.80 Å². The van der Waals surface area contributed by atoms with Crippen LogP contribution in [0, 0.1) is 17.0 Å². The second kappa shape index (κ2) is 9.63. The van der Waals surface area contributed by atoms with Crippen LogP contribution in [-0.4, -0.2) is 41.7 Å². The maximum atomic E-state index is 12.8. The zero-order valence-corrected chi connectivity index (χ0v) is 18.1. The van der Waals surface area contributed by atoms with Gasteiger partial charge in [-0.2, -0.15) is 4.99 Å². The van der Waals surface area contributed by atoms with Gasteiger partial charge in [0.15, 0.2) is 4.80 Å². The molecule has 9 nitrogen and oxygen atoms in total. The molecule has 1 amide bonds. The minimum Gasteiger partial charge on any atom is -0.465 e. The molecule has 3 rings (SSSR count). The van der Waals surface area contributed by atoms with Gasteiger partial charge < -0.3 is 14.0 Å². The van der Waals surface area contributed by atoms with Crippen molar-refractivity contribution in [3.05, 3.63) is 68.0 Å². The number of aryl methyl sites for hydroxylation is 1. The molecule has 0 atom stereocenters. The van der Waals surface area contributed by atoms with Crippen LogP contribution in [0.4, 0.5) is 5.69 Å². The van der Waals surface area contributed by atoms with Crippen molar-refractivity contribution < 1.29 is 24.0 Å². The highest BCUT2D eigenvalue weighted by atomic mass is 32.1. The van der Waals surface area contributed by atoms with Gasteiger partial charge in [-0.3, -0.25) is 14.9 Å². The Morgan fingerprint density at radius 3 is 2.61 bits per heavy atom. The number of hydrogen-bond acceptors (Lipinski definition) is 7. The van der Waals surface area contributed by atoms with Crippen molar-refractivity contribution in [1.82, 2.24) is 4.57 Å². The molecule has 1 aromatic heterocycles. The summed E-state index contributed by atoms with van der Waals surface area (Å²) < 4.78 is 12.8. The number of fused-ring (bicyclic) bond motifs is 1. The molecule has 3 aromatic rings. The van der Waals surface area contributed by atoms with Gasteiger partial charge in [0.1, 0.15) is 0 Å². The molecule has 1 heterocycles. The fourth-order valence-electron chi connectivity index (χ4n) is 3.01. The summed E-state index contributed by atoms with van der Waals surface area (Å²) >= 11 is 1.24. The number of methoxy groups -OCH3 is 1. The van der Waals surface area contributed by atoms with Crippen molar-refractivity contribution in [2.24, 2.45) is 4.99 Å². The number of rotatable bonds is 7. The zero-order chi connectivity index (χ0) is 22.5. The van der Waals surface area contributed by atoms with E-state index in [1.165, 1.54) is 36.6 Å². The SMILES string of the molecule is CCOCCn1c(=NC(=O)c2ccc(C)c([N+](=O)[O-])c2)sc2cc(C(=O)OC)ccc21. The van der Waals surface area contributed by atoms with E-state index < -0.39 is 16.8 Å². The van der Waals surface area contributed by atoms with E-state index in [9.17, 15) is 19.7 Å². The van der Waals surface area contributed by atoms with Crippen molar-refractivity contribution >= 4 is 39.1 Å². The van der Waals surface area contributed by atoms with Crippen LogP contribution in [0.15, 0.2) is 41.4 Å². The summed E-state index contributed by atoms with van der Waals surface area (Å²) in [5.74, 6) is -1.05. The third kappa shape index (κ3) is 4.86. The van der Waals surface area contributed by atoms with E-state index in [4.69, 9.17) is 9.47 Å². The van der Waals surface area contributed by atoms with Gasteiger partial charge in [0, 0.05) is 30.3 Å². The monoisotopic (exact) mass is 443 g/mol. The highest BCUT2D eigenvalue weighted by Crippen LogP contribution is 2.22. The van der Waals surface area contributed by atoms with Gasteiger partial charge in [0.05, 0.1) is 34.4 Å². The molecular weight excluding hydrogens is 422 g/mol. The Bertz CT molecular complexity index is 1230. The molecule has 0 N–H and O–H groups in total. The first kappa shape index (κ1) is 22.3. The number of carbonyl (C=O) groups is 2. The molecule has 0 unspecified atom stereocenters. The summed E-state index contributed by atoms with van der Waals surface area (Å²) in [7, 11) is 1.31. The smallest absolute Gasteiger partial charge is 0.337 e. The maximum absolute atomic E-state index is 12.8. The number of ether oxygens (including phenoxy) is 2. The molecule has 0 bridgehead atoms. The lowest BCUT2D eigenvalue weighted by Gasteiger charge is -2.06. The second-order valence-corrected chi connectivity index (χ2v) is 7.59. The second-order valence-electron chi connectivity index (χ2n) is 6.58. The predicted octanol–water partition coefficient (Wildman–Crippen LogP) is 3.48. The fourth-order valence-corrected chi connectivity index (χ4v) is 4.10. The van der Waals surface area contributed by atoms with Gasteiger partial charge in [0.2, 0.25) is 0 Å². The van der Waals surface area contributed by atoms with Gasteiger partial charge in [-0.15, -0.1) is 0 Å². The summed E-state index contributed by atoms with van der Waals surface area (Å²) in [4.78, 5) is 39.9. The molecule has 0 spiro atoms. The fraction of sp³-hybridized carbons (Fsp3) is 0.286. The lowest BCUT2D eigenvalue weighted by molar-refractivity contribution is -0.385. The minimum atomic E-state index is -0.590. The van der Waals surface area contributed by atoms with Crippen LogP contribution in [0.5, 0.6) is 0 Å². The molecule has 0 saturated carbocycles. The van der Waals surface area contributed by atoms with Crippen LogP contribution in [0.2, 0.25) is 0 Å². The van der Waals surface area contributed by atoms with E-state index in [1.54, 1.807) is 25.1 Å². The largest absolute Gasteiger partial charge is 0.465 e. The molecule has 10 heteroatoms. The van der Waals surface area contributed by atoms with Crippen molar-refractivity contribution in [3.63, 3.8) is 0 Å². The Labute approximate surface area is 181 Å². The number of thiazole rings is 1. The number of amides is 1. The standard InChI is InChI=1S/C21H21N3O6S/c1-4-30-10-9-23-16-8-7-15(20(26)29-3)12-18(16)31-21(23)22-19(25)14-6-5-13(2)17(11-14)24(27)28/h5-8,11-12H,4,9-10H2,1-3H3. The van der Waals surface area contributed by atoms with Gasteiger partial charge in [-0.25, -0.2) is 4.79 Å². The van der Waals surface area contributed by atoms with Crippen LogP contribution in [0.3, 0.4) is 0 Å². The highest BCUT2D eigenvalue weighted by Gasteiger charge is 2.16. The average molecular weight is 443 g/mol. The molecule has 0 radical (unpaired) electrons. The number of aromatic nitrogens is 1. The van der Waals surface area contributed by atoms with Crippen LogP contribution >= 0.6 is 11.3 Å². The number of hydrogen-bond donors (Lipinski definition) is 0. The van der Waals surface area contributed by atoms with Crippen molar-refractivity contribution in [2.45, 2.75) is 20.4 Å². The third-order valence-corrected chi connectivity index (χ3v) is 5.66. The number of nitro benzene ring substituents is 1. The Kier molecular flexibility index (Phi) is 6.93. The number of nitrogens with zero attached hydrogens (tertiary/aromatic N) is 3. The first-order chi connectivity index (χ1) is 14.8. The number of benzene rings is 2. The van der Waals surface area contributed by atoms with Gasteiger partial charge in [-0.05, 0) is 38.1 Å². The summed E-state index contributed by atoms with van der Waals surface area (Å²) in [5, 5.41) is 11.2. The van der Waals surface area contributed by atoms with Crippen LogP contribution in [-0.2, 0) is 16.0 Å². The minimum absolute atomic E-state index is 0.126. The third-order valence-electron chi connectivity index (χ3n) is 4.62. The molecule has 0 fully saturated rings. The first-order valence-corrected chi connectivity index (χ1v) is 10.3. The first-order valence-electron chi connectivity index (χ1n) is 9.49. The lowest BCUT2D eigenvalue weighted by atomic mass is 10.1. The van der Waals surface area contributed by atoms with E-state index in [1.807, 2.05) is 11.5 Å². The molecule has 0 aliphatic heterocycles. The quantitative estimate of drug-likeness (QED) is 0.239. The summed E-state index contributed by atoms with van der Waals surface area (Å²) in [6.45, 7) is 4.91. The molecule has 0 aliphatic carbocycles. The lowest BCUT2D eigenvalue weighted by Crippen LogP contribution is -2.19. The van der Waals surface area contributed by atoms with E-state index in [2.05, 4.69) is 4.99 Å². The summed E-state index contributed by atoms with van der Waals surface area (Å²) in [6, 6.07) is 9.37. The topological polar surface area (TPSA) is 113 Å². The number of nitro groups is 1. The Hall–Kier alpha value is -3.37. The number of esters is 1. The number of carbonyl (C=O) groups excluding carboxylic acids is 2. The molecule has 0 aliphatic rings. The molecule has 2 aromatic carbocycles. The molecule has 31 heavy (non-hydrogen) atoms. The van der Waals surface area contributed by atoms with Crippen LogP contribution in [0.25, 0.3) is 10.2 Å². The van der Waals surface area contributed by atoms with Crippen LogP contribution in [0.1, 0.15) is 33.2 Å². The van der Waals surface area contributed by atoms with Gasteiger partial charge in [0.25, 0.3) is 11.6 Å². The highest BCUT2D eigenvalue weighted by molar-refractivity contribution is 7.16. The maximum Gasteiger partial charge on any atom is 0.337 e. The zero-order valence-electron chi connectivity index (χ0n) is 17.3. The van der Waals surface area contributed by atoms with E-state index >= 15 is 0 Å². The molecular formula is C21H21N3O6S.